The Balaban J connectivity index is 2.34. The first kappa shape index (κ1) is 45.1. The Labute approximate surface area is 311 Å². The summed E-state index contributed by atoms with van der Waals surface area (Å²) < 4.78 is 15.6. The molecule has 1 aromatic rings. The number of carbonyl (C=O) groups is 8. The lowest BCUT2D eigenvalue weighted by Crippen LogP contribution is -2.60. The van der Waals surface area contributed by atoms with Gasteiger partial charge in [0.25, 0.3) is 0 Å². The first-order valence-corrected chi connectivity index (χ1v) is 18.8. The number of amides is 6. The molecule has 0 aromatic heterocycles. The molecule has 0 saturated carbocycles. The molecule has 0 unspecified atom stereocenters. The van der Waals surface area contributed by atoms with Crippen molar-refractivity contribution in [2.24, 2.45) is 5.92 Å². The van der Waals surface area contributed by atoms with Gasteiger partial charge in [-0.25, -0.2) is 4.57 Å². The quantitative estimate of drug-likeness (QED) is 0.0688. The number of hydrogen-bond acceptors (Lipinski definition) is 10. The molecule has 0 aliphatic carbocycles. The highest BCUT2D eigenvalue weighted by atomic mass is 31.2. The zero-order valence-corrected chi connectivity index (χ0v) is 31.3. The molecule has 0 radical (unpaired) electrons. The van der Waals surface area contributed by atoms with Crippen molar-refractivity contribution in [3.05, 3.63) is 29.8 Å². The summed E-state index contributed by atoms with van der Waals surface area (Å²) >= 11 is 0. The predicted octanol–water partition coefficient (Wildman–Crippen LogP) is -0.828. The van der Waals surface area contributed by atoms with Crippen LogP contribution in [0.15, 0.2) is 24.3 Å². The highest BCUT2D eigenvalue weighted by molar-refractivity contribution is 7.46. The van der Waals surface area contributed by atoms with E-state index in [0.29, 0.717) is 24.8 Å². The van der Waals surface area contributed by atoms with E-state index in [1.807, 2.05) is 0 Å². The first-order chi connectivity index (χ1) is 25.3. The molecule has 20 nitrogen and oxygen atoms in total. The van der Waals surface area contributed by atoms with Crippen LogP contribution in [0.3, 0.4) is 0 Å². The van der Waals surface area contributed by atoms with Crippen LogP contribution in [0.4, 0.5) is 0 Å². The number of rotatable bonds is 21. The van der Waals surface area contributed by atoms with E-state index < -0.39 is 111 Å². The van der Waals surface area contributed by atoms with Gasteiger partial charge in [0.05, 0.1) is 0 Å². The number of likely N-dealkylation sites (N-methyl/N-ethyl adjacent to an activating group) is 1. The Morgan fingerprint density at radius 1 is 0.852 bits per heavy atom. The number of carboxylic acids is 2. The number of likely N-dealkylation sites (tertiary alicyclic amines) is 1. The average molecular weight is 785 g/mol. The molecule has 1 aliphatic heterocycles. The van der Waals surface area contributed by atoms with Gasteiger partial charge in [0.15, 0.2) is 0 Å². The summed E-state index contributed by atoms with van der Waals surface area (Å²) in [5, 5.41) is 31.1. The number of nitrogens with zero attached hydrogens (tertiary/aromatic N) is 1. The van der Waals surface area contributed by atoms with E-state index in [2.05, 4.69) is 31.1 Å². The Morgan fingerprint density at radius 2 is 1.37 bits per heavy atom. The fourth-order valence-electron chi connectivity index (χ4n) is 5.72. The Bertz CT molecular complexity index is 1590. The van der Waals surface area contributed by atoms with Crippen molar-refractivity contribution in [2.45, 2.75) is 102 Å². The maximum atomic E-state index is 13.7. The number of phosphoric acid groups is 1. The molecular weight excluding hydrogens is 735 g/mol. The molecule has 1 fully saturated rings. The second-order valence-corrected chi connectivity index (χ2v) is 14.0. The summed E-state index contributed by atoms with van der Waals surface area (Å²) in [7, 11) is -3.41. The monoisotopic (exact) mass is 784 g/mol. The van der Waals surface area contributed by atoms with Gasteiger partial charge in [-0.1, -0.05) is 32.4 Å². The molecule has 2 rings (SSSR count). The molecule has 6 atom stereocenters. The van der Waals surface area contributed by atoms with Crippen molar-refractivity contribution in [2.75, 3.05) is 13.6 Å². The number of nitrogens with one attached hydrogen (secondary N) is 5. The number of carboxylic acid groups (broad SMARTS) is 2. The van der Waals surface area contributed by atoms with Gasteiger partial charge in [-0.05, 0) is 49.3 Å². The van der Waals surface area contributed by atoms with Crippen LogP contribution in [-0.4, -0.2) is 116 Å². The van der Waals surface area contributed by atoms with E-state index in [4.69, 9.17) is 9.79 Å². The second-order valence-electron chi connectivity index (χ2n) is 12.8. The van der Waals surface area contributed by atoms with E-state index in [1.165, 1.54) is 36.2 Å². The molecule has 1 aromatic carbocycles. The average Bonchev–Trinajstić information content (AvgIpc) is 3.59. The fourth-order valence-corrected chi connectivity index (χ4v) is 6.11. The van der Waals surface area contributed by atoms with Gasteiger partial charge in [0.2, 0.25) is 35.4 Å². The van der Waals surface area contributed by atoms with Crippen LogP contribution < -0.4 is 31.1 Å². The lowest BCUT2D eigenvalue weighted by atomic mass is 9.96. The zero-order valence-electron chi connectivity index (χ0n) is 30.4. The Morgan fingerprint density at radius 3 is 1.83 bits per heavy atom. The van der Waals surface area contributed by atoms with E-state index in [0.717, 1.165) is 6.92 Å². The van der Waals surface area contributed by atoms with Crippen LogP contribution >= 0.6 is 7.82 Å². The minimum atomic E-state index is -4.84. The molecule has 54 heavy (non-hydrogen) atoms. The lowest BCUT2D eigenvalue weighted by molar-refractivity contribution is -0.143. The summed E-state index contributed by atoms with van der Waals surface area (Å²) in [5.74, 6) is -7.73. The summed E-state index contributed by atoms with van der Waals surface area (Å²) in [4.78, 5) is 121. The maximum absolute atomic E-state index is 13.7. The van der Waals surface area contributed by atoms with Crippen LogP contribution in [0, 0.1) is 5.92 Å². The van der Waals surface area contributed by atoms with Crippen molar-refractivity contribution in [1.29, 1.82) is 0 Å². The highest BCUT2D eigenvalue weighted by Gasteiger charge is 2.40. The number of carbonyl (C=O) groups excluding carboxylic acids is 6. The van der Waals surface area contributed by atoms with Gasteiger partial charge in [0, 0.05) is 39.8 Å². The van der Waals surface area contributed by atoms with Crippen LogP contribution in [0.25, 0.3) is 0 Å². The van der Waals surface area contributed by atoms with Crippen molar-refractivity contribution < 1.29 is 67.4 Å². The zero-order chi connectivity index (χ0) is 40.7. The number of phosphoric ester groups is 1. The molecule has 1 heterocycles. The second kappa shape index (κ2) is 21.0. The molecule has 1 saturated heterocycles. The maximum Gasteiger partial charge on any atom is 0.524 e. The highest BCUT2D eigenvalue weighted by Crippen LogP contribution is 2.37. The number of hydrogen-bond donors (Lipinski definition) is 9. The minimum absolute atomic E-state index is 0.177. The molecule has 0 spiro atoms. The van der Waals surface area contributed by atoms with E-state index in [1.54, 1.807) is 13.8 Å². The Kier molecular flexibility index (Phi) is 17.5. The van der Waals surface area contributed by atoms with Crippen LogP contribution in [0.2, 0.25) is 0 Å². The molecule has 9 N–H and O–H groups in total. The van der Waals surface area contributed by atoms with Gasteiger partial charge in [-0.2, -0.15) is 0 Å². The molecule has 6 amide bonds. The third-order valence-corrected chi connectivity index (χ3v) is 9.15. The van der Waals surface area contributed by atoms with Crippen molar-refractivity contribution in [3.8, 4) is 5.75 Å². The fraction of sp³-hybridized carbons (Fsp3) is 0.576. The van der Waals surface area contributed by atoms with Gasteiger partial charge < -0.3 is 46.2 Å². The van der Waals surface area contributed by atoms with Gasteiger partial charge in [-0.3, -0.25) is 48.1 Å². The summed E-state index contributed by atoms with van der Waals surface area (Å²) in [5.41, 5.74) is 0.389. The van der Waals surface area contributed by atoms with E-state index in [9.17, 15) is 53.1 Å². The molecule has 0 bridgehead atoms. The number of aliphatic carboxylic acids is 2. The standard InChI is InChI=1S/C33H49N6O14P/c1-5-18(2)28(33(49)39-16-6-7-25(39)32(48)34-4)38-30(46)23(13-15-27(43)44)36-29(45)22(12-14-26(41)42)37-31(47)24(35-19(3)40)17-20-8-10-21(11-9-20)53-54(50,51)52/h8-11,18,22-25,28H,5-7,12-17H2,1-4H3,(H,34,48)(H,35,40)(H,36,45)(H,37,47)(H,38,46)(H,41,42)(H,43,44)(H2,50,51,52)/t18-,22-,23-,24-,25+,28-/m0/s1. The summed E-state index contributed by atoms with van der Waals surface area (Å²) in [6, 6.07) is -1.25. The third-order valence-electron chi connectivity index (χ3n) is 8.70. The molecule has 300 valence electrons. The van der Waals surface area contributed by atoms with E-state index >= 15 is 0 Å². The lowest BCUT2D eigenvalue weighted by Gasteiger charge is -2.32. The normalized spacial score (nSPS) is 16.8. The van der Waals surface area contributed by atoms with Crippen LogP contribution in [0.1, 0.15) is 71.3 Å². The van der Waals surface area contributed by atoms with Crippen LogP contribution in [-0.2, 0) is 49.3 Å². The minimum Gasteiger partial charge on any atom is -0.481 e. The summed E-state index contributed by atoms with van der Waals surface area (Å²) in [6.45, 7) is 4.87. The van der Waals surface area contributed by atoms with Crippen molar-refractivity contribution >= 4 is 55.2 Å². The topological polar surface area (TPSA) is 307 Å². The van der Waals surface area contributed by atoms with Gasteiger partial charge in [-0.15, -0.1) is 0 Å². The molecule has 21 heteroatoms. The molecule has 1 aliphatic rings. The summed E-state index contributed by atoms with van der Waals surface area (Å²) in [6.07, 6.45) is -0.957. The molecular formula is C33H49N6O14P. The SMILES string of the molecule is CC[C@H](C)[C@H](NC(=O)[C@H](CCC(=O)O)NC(=O)[C@H](CCC(=O)O)NC(=O)[C@H](Cc1ccc(OP(=O)(O)O)cc1)NC(C)=O)C(=O)N1CCC[C@@H]1C(=O)NC. The van der Waals surface area contributed by atoms with Crippen molar-refractivity contribution in [1.82, 2.24) is 31.5 Å². The number of benzene rings is 1. The predicted molar refractivity (Wildman–Crippen MR) is 188 cm³/mol. The largest absolute Gasteiger partial charge is 0.524 e. The smallest absolute Gasteiger partial charge is 0.481 e. The van der Waals surface area contributed by atoms with Gasteiger partial charge >= 0.3 is 19.8 Å². The van der Waals surface area contributed by atoms with Gasteiger partial charge in [0.1, 0.15) is 36.0 Å². The third kappa shape index (κ3) is 14.7. The van der Waals surface area contributed by atoms with E-state index in [-0.39, 0.29) is 24.6 Å². The van der Waals surface area contributed by atoms with Crippen molar-refractivity contribution in [3.63, 3.8) is 0 Å². The first-order valence-electron chi connectivity index (χ1n) is 17.2. The van der Waals surface area contributed by atoms with Crippen LogP contribution in [0.5, 0.6) is 5.75 Å². The Hall–Kier alpha value is -5.07.